The summed E-state index contributed by atoms with van der Waals surface area (Å²) in [6.45, 7) is 6.38. The summed E-state index contributed by atoms with van der Waals surface area (Å²) in [4.78, 5) is 84.6. The lowest BCUT2D eigenvalue weighted by atomic mass is 9.43. The van der Waals surface area contributed by atoms with Gasteiger partial charge in [-0.1, -0.05) is 20.8 Å². The van der Waals surface area contributed by atoms with Crippen molar-refractivity contribution < 1.29 is 67.8 Å². The van der Waals surface area contributed by atoms with Gasteiger partial charge in [0.05, 0.1) is 45.6 Å². The Hall–Kier alpha value is -3.71. The molecule has 0 bridgehead atoms. The molecule has 0 aromatic heterocycles. The van der Waals surface area contributed by atoms with Crippen molar-refractivity contribution in [3.05, 3.63) is 0 Å². The predicted molar refractivity (Wildman–Crippen MR) is 177 cm³/mol. The van der Waals surface area contributed by atoms with E-state index in [0.29, 0.717) is 38.5 Å². The maximum absolute atomic E-state index is 13.2. The molecule has 14 nitrogen and oxygen atoms in total. The molecule has 14 heteroatoms. The Bertz CT molecular complexity index is 1340. The number of aliphatic carboxylic acids is 3. The summed E-state index contributed by atoms with van der Waals surface area (Å²) in [5.74, 6) is -5.74. The molecule has 4 rings (SSSR count). The first-order valence-corrected chi connectivity index (χ1v) is 18.3. The molecular formula is C37H54O14. The number of methoxy groups -OCH3 is 1. The van der Waals surface area contributed by atoms with Crippen LogP contribution in [-0.2, 0) is 52.5 Å². The number of carbonyl (C=O) groups excluding carboxylic acids is 4. The Morgan fingerprint density at radius 2 is 1.24 bits per heavy atom. The normalized spacial score (nSPS) is 34.4. The molecule has 0 saturated heterocycles. The molecule has 4 saturated carbocycles. The lowest BCUT2D eigenvalue weighted by Crippen LogP contribution is -2.63. The fourth-order valence-electron chi connectivity index (χ4n) is 10.4. The molecule has 0 aliphatic heterocycles. The van der Waals surface area contributed by atoms with Gasteiger partial charge in [-0.15, -0.1) is 0 Å². The van der Waals surface area contributed by atoms with Crippen LogP contribution in [0, 0.1) is 46.3 Å². The summed E-state index contributed by atoms with van der Waals surface area (Å²) in [5, 5.41) is 27.5. The first kappa shape index (κ1) is 40.1. The van der Waals surface area contributed by atoms with Crippen LogP contribution < -0.4 is 0 Å². The Kier molecular flexibility index (Phi) is 13.2. The van der Waals surface area contributed by atoms with Crippen LogP contribution in [0.2, 0.25) is 0 Å². The van der Waals surface area contributed by atoms with E-state index in [1.807, 2.05) is 0 Å². The largest absolute Gasteiger partial charge is 0.481 e. The summed E-state index contributed by atoms with van der Waals surface area (Å²) in [6, 6.07) is 0. The van der Waals surface area contributed by atoms with Gasteiger partial charge in [0.2, 0.25) is 0 Å². The van der Waals surface area contributed by atoms with Crippen LogP contribution in [0.25, 0.3) is 0 Å². The summed E-state index contributed by atoms with van der Waals surface area (Å²) in [7, 11) is 1.35. The maximum Gasteiger partial charge on any atom is 0.306 e. The summed E-state index contributed by atoms with van der Waals surface area (Å²) in [5.41, 5.74) is -0.929. The maximum atomic E-state index is 13.2. The van der Waals surface area contributed by atoms with Gasteiger partial charge in [0.25, 0.3) is 0 Å². The first-order chi connectivity index (χ1) is 24.0. The van der Waals surface area contributed by atoms with Gasteiger partial charge >= 0.3 is 41.8 Å². The smallest absolute Gasteiger partial charge is 0.306 e. The second kappa shape index (κ2) is 16.8. The van der Waals surface area contributed by atoms with Crippen LogP contribution in [-0.4, -0.2) is 82.5 Å². The molecular weight excluding hydrogens is 668 g/mol. The van der Waals surface area contributed by atoms with E-state index >= 15 is 0 Å². The van der Waals surface area contributed by atoms with Gasteiger partial charge in [-0.3, -0.25) is 33.6 Å². The van der Waals surface area contributed by atoms with Crippen molar-refractivity contribution >= 4 is 41.8 Å². The SMILES string of the molecule is COC(=O)CC[C@H](C)[C@@H]1CC[C@@H]2[C@@H]3[C@@H](C[C@H](OC(=O)CCC(=O)O)[C@@]21C)[C@@]1(C)CC[C@H](OC(=O)CCC(=O)O)C[C@H]1C[C@H]3OC(=O)CCC(=O)O. The van der Waals surface area contributed by atoms with Crippen molar-refractivity contribution in [2.24, 2.45) is 46.3 Å². The van der Waals surface area contributed by atoms with Crippen LogP contribution in [0.3, 0.4) is 0 Å². The second-order valence-corrected chi connectivity index (χ2v) is 15.7. The van der Waals surface area contributed by atoms with E-state index in [1.165, 1.54) is 7.11 Å². The monoisotopic (exact) mass is 722 g/mol. The van der Waals surface area contributed by atoms with Gasteiger partial charge < -0.3 is 34.3 Å². The fraction of sp³-hybridized carbons (Fsp3) is 0.811. The average Bonchev–Trinajstić information content (AvgIpc) is 3.43. The molecule has 0 radical (unpaired) electrons. The standard InChI is InChI=1S/C37H54O14/c1-20(5-11-31(44)48-4)23-6-7-24-35-25(19-27(37(23,24)3)51-34(47)14-10-30(42)43)36(2)16-15-22(49-32(45)12-8-28(38)39)17-21(36)18-26(35)50-33(46)13-9-29(40)41/h20-27,35H,5-19H2,1-4H3,(H,38,39)(H,40,41)(H,42,43)/t20-,21-,22-,23-,24+,25+,26+,27-,35+,36-,37+/m0/s1. The number of carboxylic acids is 3. The zero-order chi connectivity index (χ0) is 37.7. The van der Waals surface area contributed by atoms with Gasteiger partial charge in [-0.2, -0.15) is 0 Å². The topological polar surface area (TPSA) is 217 Å². The number of carboxylic acid groups (broad SMARTS) is 3. The van der Waals surface area contributed by atoms with E-state index < -0.39 is 59.5 Å². The van der Waals surface area contributed by atoms with E-state index in [9.17, 15) is 43.8 Å². The number of rotatable bonds is 16. The average molecular weight is 723 g/mol. The quantitative estimate of drug-likeness (QED) is 0.144. The molecule has 286 valence electrons. The van der Waals surface area contributed by atoms with E-state index in [0.717, 1.165) is 12.8 Å². The highest BCUT2D eigenvalue weighted by molar-refractivity contribution is 5.78. The van der Waals surface area contributed by atoms with Crippen LogP contribution in [0.5, 0.6) is 0 Å². The van der Waals surface area contributed by atoms with Gasteiger partial charge in [-0.25, -0.2) is 0 Å². The van der Waals surface area contributed by atoms with E-state index in [2.05, 4.69) is 20.8 Å². The summed E-state index contributed by atoms with van der Waals surface area (Å²) < 4.78 is 23.1. The van der Waals surface area contributed by atoms with Crippen LogP contribution in [0.15, 0.2) is 0 Å². The second-order valence-electron chi connectivity index (χ2n) is 15.7. The molecule has 3 N–H and O–H groups in total. The van der Waals surface area contributed by atoms with Crippen molar-refractivity contribution in [2.45, 2.75) is 135 Å². The van der Waals surface area contributed by atoms with Gasteiger partial charge in [-0.05, 0) is 86.4 Å². The van der Waals surface area contributed by atoms with Crippen molar-refractivity contribution in [2.75, 3.05) is 7.11 Å². The van der Waals surface area contributed by atoms with E-state index in [1.54, 1.807) is 0 Å². The summed E-state index contributed by atoms with van der Waals surface area (Å²) in [6.07, 6.45) is 1.45. The number of fused-ring (bicyclic) bond motifs is 5. The zero-order valence-electron chi connectivity index (χ0n) is 30.1. The highest BCUT2D eigenvalue weighted by atomic mass is 16.6. The Morgan fingerprint density at radius 3 is 1.80 bits per heavy atom. The number of ether oxygens (including phenoxy) is 4. The highest BCUT2D eigenvalue weighted by Crippen LogP contribution is 2.69. The fourth-order valence-corrected chi connectivity index (χ4v) is 10.4. The molecule has 4 aliphatic rings. The molecule has 0 unspecified atom stereocenters. The van der Waals surface area contributed by atoms with Crippen molar-refractivity contribution in [1.29, 1.82) is 0 Å². The number of hydrogen-bond donors (Lipinski definition) is 3. The minimum Gasteiger partial charge on any atom is -0.481 e. The minimum absolute atomic E-state index is 0.0280. The summed E-state index contributed by atoms with van der Waals surface area (Å²) >= 11 is 0. The minimum atomic E-state index is -1.11. The molecule has 0 amide bonds. The van der Waals surface area contributed by atoms with Crippen molar-refractivity contribution in [3.8, 4) is 0 Å². The lowest BCUT2D eigenvalue weighted by Gasteiger charge is -2.64. The molecule has 51 heavy (non-hydrogen) atoms. The lowest BCUT2D eigenvalue weighted by molar-refractivity contribution is -0.226. The van der Waals surface area contributed by atoms with Crippen LogP contribution >= 0.6 is 0 Å². The molecule has 0 aromatic rings. The number of carbonyl (C=O) groups is 7. The van der Waals surface area contributed by atoms with Crippen LogP contribution in [0.4, 0.5) is 0 Å². The van der Waals surface area contributed by atoms with Crippen molar-refractivity contribution in [1.82, 2.24) is 0 Å². The Morgan fingerprint density at radius 1 is 0.667 bits per heavy atom. The predicted octanol–water partition coefficient (Wildman–Crippen LogP) is 4.78. The van der Waals surface area contributed by atoms with Crippen LogP contribution in [0.1, 0.15) is 117 Å². The molecule has 4 fully saturated rings. The van der Waals surface area contributed by atoms with Gasteiger partial charge in [0, 0.05) is 17.8 Å². The molecule has 0 aromatic carbocycles. The van der Waals surface area contributed by atoms with E-state index in [4.69, 9.17) is 24.1 Å². The molecule has 0 spiro atoms. The molecule has 0 heterocycles. The third-order valence-electron chi connectivity index (χ3n) is 13.0. The Labute approximate surface area is 298 Å². The third-order valence-corrected chi connectivity index (χ3v) is 13.0. The van der Waals surface area contributed by atoms with E-state index in [-0.39, 0.29) is 91.8 Å². The van der Waals surface area contributed by atoms with Gasteiger partial charge in [0.1, 0.15) is 18.3 Å². The highest BCUT2D eigenvalue weighted by Gasteiger charge is 2.67. The van der Waals surface area contributed by atoms with Crippen molar-refractivity contribution in [3.63, 3.8) is 0 Å². The first-order valence-electron chi connectivity index (χ1n) is 18.3. The Balaban J connectivity index is 1.69. The molecule has 4 aliphatic carbocycles. The number of esters is 4. The third kappa shape index (κ3) is 9.21. The number of hydrogen-bond acceptors (Lipinski definition) is 11. The van der Waals surface area contributed by atoms with Gasteiger partial charge in [0.15, 0.2) is 0 Å². The molecule has 11 atom stereocenters. The zero-order valence-corrected chi connectivity index (χ0v) is 30.1.